The van der Waals surface area contributed by atoms with Crippen molar-refractivity contribution in [3.05, 3.63) is 12.3 Å². The van der Waals surface area contributed by atoms with Gasteiger partial charge in [0.25, 0.3) is 0 Å². The molecular formula is C12H20N4O. The lowest BCUT2D eigenvalue weighted by Gasteiger charge is -2.22. The second-order valence-corrected chi connectivity index (χ2v) is 4.35. The van der Waals surface area contributed by atoms with Crippen LogP contribution in [0.15, 0.2) is 12.3 Å². The molecule has 1 aromatic rings. The first-order valence-electron chi connectivity index (χ1n) is 6.20. The number of aromatic nitrogens is 2. The summed E-state index contributed by atoms with van der Waals surface area (Å²) in [6, 6.07) is 1.75. The Balaban J connectivity index is 1.73. The molecule has 17 heavy (non-hydrogen) atoms. The van der Waals surface area contributed by atoms with E-state index in [1.54, 1.807) is 19.4 Å². The lowest BCUT2D eigenvalue weighted by atomic mass is 9.96. The van der Waals surface area contributed by atoms with Crippen LogP contribution < -0.4 is 15.4 Å². The first-order chi connectivity index (χ1) is 8.38. The number of rotatable bonds is 5. The summed E-state index contributed by atoms with van der Waals surface area (Å²) in [6.45, 7) is 3.23. The van der Waals surface area contributed by atoms with Gasteiger partial charge in [-0.1, -0.05) is 0 Å². The minimum absolute atomic E-state index is 0.599. The van der Waals surface area contributed by atoms with Gasteiger partial charge in [0.1, 0.15) is 0 Å². The summed E-state index contributed by atoms with van der Waals surface area (Å²) in [6.07, 6.45) is 5.48. The third kappa shape index (κ3) is 3.85. The molecule has 5 nitrogen and oxygen atoms in total. The standard InChI is InChI=1S/C12H20N4O/c1-17-11-5-8-15-12(16-11)14-7-4-10-3-2-6-13-9-10/h5,8,10,13H,2-4,6-7,9H2,1H3,(H,14,15,16). The van der Waals surface area contributed by atoms with Gasteiger partial charge in [0.05, 0.1) is 7.11 Å². The van der Waals surface area contributed by atoms with Crippen molar-refractivity contribution in [1.82, 2.24) is 15.3 Å². The summed E-state index contributed by atoms with van der Waals surface area (Å²) in [5.41, 5.74) is 0. The van der Waals surface area contributed by atoms with Gasteiger partial charge < -0.3 is 15.4 Å². The molecule has 0 aromatic carbocycles. The van der Waals surface area contributed by atoms with Gasteiger partial charge >= 0.3 is 0 Å². The van der Waals surface area contributed by atoms with Crippen LogP contribution >= 0.6 is 0 Å². The molecule has 1 unspecified atom stereocenters. The van der Waals surface area contributed by atoms with E-state index in [-0.39, 0.29) is 0 Å². The maximum Gasteiger partial charge on any atom is 0.225 e. The van der Waals surface area contributed by atoms with Gasteiger partial charge in [-0.15, -0.1) is 0 Å². The van der Waals surface area contributed by atoms with Crippen molar-refractivity contribution in [3.63, 3.8) is 0 Å². The second kappa shape index (κ2) is 6.39. The molecule has 5 heteroatoms. The Kier molecular flexibility index (Phi) is 4.55. The van der Waals surface area contributed by atoms with Gasteiger partial charge in [-0.05, 0) is 38.3 Å². The molecule has 0 bridgehead atoms. The number of anilines is 1. The molecule has 1 saturated heterocycles. The van der Waals surface area contributed by atoms with Crippen molar-refractivity contribution >= 4 is 5.95 Å². The largest absolute Gasteiger partial charge is 0.481 e. The summed E-state index contributed by atoms with van der Waals surface area (Å²) in [5, 5.41) is 6.66. The molecule has 1 fully saturated rings. The Bertz CT molecular complexity index is 339. The molecule has 0 aliphatic carbocycles. The fourth-order valence-electron chi connectivity index (χ4n) is 2.10. The van der Waals surface area contributed by atoms with Crippen LogP contribution in [0.25, 0.3) is 0 Å². The van der Waals surface area contributed by atoms with Gasteiger partial charge in [0.15, 0.2) is 0 Å². The van der Waals surface area contributed by atoms with Crippen molar-refractivity contribution < 1.29 is 4.74 Å². The van der Waals surface area contributed by atoms with Crippen LogP contribution in [-0.4, -0.2) is 36.7 Å². The molecule has 2 N–H and O–H groups in total. The lowest BCUT2D eigenvalue weighted by molar-refractivity contribution is 0.364. The highest BCUT2D eigenvalue weighted by atomic mass is 16.5. The van der Waals surface area contributed by atoms with Crippen LogP contribution in [0.1, 0.15) is 19.3 Å². The number of hydrogen-bond acceptors (Lipinski definition) is 5. The van der Waals surface area contributed by atoms with Gasteiger partial charge in [0, 0.05) is 18.8 Å². The predicted octanol–water partition coefficient (Wildman–Crippen LogP) is 1.29. The van der Waals surface area contributed by atoms with E-state index in [0.29, 0.717) is 11.8 Å². The fraction of sp³-hybridized carbons (Fsp3) is 0.667. The molecular weight excluding hydrogens is 216 g/mol. The average Bonchev–Trinajstić information content (AvgIpc) is 2.40. The Morgan fingerprint density at radius 2 is 2.53 bits per heavy atom. The summed E-state index contributed by atoms with van der Waals surface area (Å²) in [5.74, 6) is 2.02. The van der Waals surface area contributed by atoms with Gasteiger partial charge in [-0.3, -0.25) is 0 Å². The van der Waals surface area contributed by atoms with E-state index in [1.807, 2.05) is 0 Å². The Morgan fingerprint density at radius 3 is 3.29 bits per heavy atom. The number of hydrogen-bond donors (Lipinski definition) is 2. The first-order valence-corrected chi connectivity index (χ1v) is 6.20. The molecule has 0 spiro atoms. The highest BCUT2D eigenvalue weighted by Gasteiger charge is 2.12. The zero-order valence-corrected chi connectivity index (χ0v) is 10.3. The van der Waals surface area contributed by atoms with Crippen molar-refractivity contribution in [2.75, 3.05) is 32.1 Å². The van der Waals surface area contributed by atoms with Crippen molar-refractivity contribution in [1.29, 1.82) is 0 Å². The molecule has 94 valence electrons. The van der Waals surface area contributed by atoms with E-state index in [9.17, 15) is 0 Å². The summed E-state index contributed by atoms with van der Waals surface area (Å²) < 4.78 is 5.05. The van der Waals surface area contributed by atoms with Crippen molar-refractivity contribution in [2.24, 2.45) is 5.92 Å². The molecule has 1 aliphatic heterocycles. The first kappa shape index (κ1) is 12.1. The van der Waals surface area contributed by atoms with Crippen LogP contribution in [0.3, 0.4) is 0 Å². The Labute approximate surface area is 102 Å². The van der Waals surface area contributed by atoms with E-state index in [1.165, 1.54) is 19.4 Å². The van der Waals surface area contributed by atoms with Crippen LogP contribution in [0.4, 0.5) is 5.95 Å². The Morgan fingerprint density at radius 1 is 1.59 bits per heavy atom. The molecule has 1 atom stereocenters. The maximum atomic E-state index is 5.05. The number of ether oxygens (including phenoxy) is 1. The fourth-order valence-corrected chi connectivity index (χ4v) is 2.10. The number of nitrogens with zero attached hydrogens (tertiary/aromatic N) is 2. The summed E-state index contributed by atoms with van der Waals surface area (Å²) in [4.78, 5) is 8.37. The van der Waals surface area contributed by atoms with Crippen LogP contribution in [0.5, 0.6) is 5.88 Å². The molecule has 2 rings (SSSR count). The number of piperidine rings is 1. The molecule has 0 amide bonds. The van der Waals surface area contributed by atoms with Crippen molar-refractivity contribution in [3.8, 4) is 5.88 Å². The molecule has 1 aromatic heterocycles. The van der Waals surface area contributed by atoms with E-state index in [0.717, 1.165) is 25.4 Å². The van der Waals surface area contributed by atoms with E-state index < -0.39 is 0 Å². The third-order valence-corrected chi connectivity index (χ3v) is 3.07. The van der Waals surface area contributed by atoms with Crippen molar-refractivity contribution in [2.45, 2.75) is 19.3 Å². The van der Waals surface area contributed by atoms with E-state index >= 15 is 0 Å². The predicted molar refractivity (Wildman–Crippen MR) is 67.3 cm³/mol. The average molecular weight is 236 g/mol. The van der Waals surface area contributed by atoms with Crippen LogP contribution in [-0.2, 0) is 0 Å². The topological polar surface area (TPSA) is 59.1 Å². The maximum absolute atomic E-state index is 5.05. The molecule has 0 saturated carbocycles. The van der Waals surface area contributed by atoms with Gasteiger partial charge in [-0.2, -0.15) is 4.98 Å². The molecule has 1 aliphatic rings. The van der Waals surface area contributed by atoms with Gasteiger partial charge in [0.2, 0.25) is 11.8 Å². The monoisotopic (exact) mass is 236 g/mol. The minimum atomic E-state index is 0.599. The van der Waals surface area contributed by atoms with E-state index in [2.05, 4.69) is 20.6 Å². The molecule has 0 radical (unpaired) electrons. The molecule has 2 heterocycles. The normalized spacial score (nSPS) is 19.9. The summed E-state index contributed by atoms with van der Waals surface area (Å²) in [7, 11) is 1.61. The highest BCUT2D eigenvalue weighted by Crippen LogP contribution is 2.14. The third-order valence-electron chi connectivity index (χ3n) is 3.07. The van der Waals surface area contributed by atoms with E-state index in [4.69, 9.17) is 4.74 Å². The zero-order valence-electron chi connectivity index (χ0n) is 10.3. The lowest BCUT2D eigenvalue weighted by Crippen LogP contribution is -2.30. The van der Waals surface area contributed by atoms with Crippen LogP contribution in [0, 0.1) is 5.92 Å². The quantitative estimate of drug-likeness (QED) is 0.806. The second-order valence-electron chi connectivity index (χ2n) is 4.35. The SMILES string of the molecule is COc1ccnc(NCCC2CCCNC2)n1. The number of nitrogens with one attached hydrogen (secondary N) is 2. The number of methoxy groups -OCH3 is 1. The summed E-state index contributed by atoms with van der Waals surface area (Å²) >= 11 is 0. The smallest absolute Gasteiger partial charge is 0.225 e. The highest BCUT2D eigenvalue weighted by molar-refractivity contribution is 5.27. The van der Waals surface area contributed by atoms with Gasteiger partial charge in [-0.25, -0.2) is 4.98 Å². The minimum Gasteiger partial charge on any atom is -0.481 e. The Hall–Kier alpha value is -1.36. The van der Waals surface area contributed by atoms with Crippen LogP contribution in [0.2, 0.25) is 0 Å². The zero-order chi connectivity index (χ0) is 11.9.